The molecule has 0 radical (unpaired) electrons. The van der Waals surface area contributed by atoms with E-state index in [4.69, 9.17) is 24.2 Å². The Bertz CT molecular complexity index is 2480. The molecule has 9 rings (SSSR count). The van der Waals surface area contributed by atoms with Gasteiger partial charge in [-0.3, -0.25) is 14.9 Å². The minimum atomic E-state index is -1.24. The van der Waals surface area contributed by atoms with E-state index in [0.29, 0.717) is 24.9 Å². The van der Waals surface area contributed by atoms with Gasteiger partial charge in [-0.05, 0) is 96.2 Å². The number of imidazole rings is 2. The molecule has 4 aliphatic rings. The first-order chi connectivity index (χ1) is 29.4. The van der Waals surface area contributed by atoms with Crippen LogP contribution in [0.3, 0.4) is 0 Å². The maximum absolute atomic E-state index is 14.3. The van der Waals surface area contributed by atoms with Crippen LogP contribution in [0.25, 0.3) is 44.2 Å². The van der Waals surface area contributed by atoms with Crippen molar-refractivity contribution in [3.63, 3.8) is 0 Å². The number of aliphatic hydroxyl groups excluding tert-OH is 1. The molecule has 3 amide bonds. The van der Waals surface area contributed by atoms with E-state index in [1.54, 1.807) is 0 Å². The number of carbonyl (C=O) groups is 3. The second-order valence-corrected chi connectivity index (χ2v) is 17.8. The number of methoxy groups -OCH3 is 2. The summed E-state index contributed by atoms with van der Waals surface area (Å²) in [7, 11) is 2.71. The van der Waals surface area contributed by atoms with Crippen LogP contribution in [0.15, 0.2) is 48.7 Å². The number of aliphatic hydroxyl groups is 1. The van der Waals surface area contributed by atoms with Gasteiger partial charge in [0.2, 0.25) is 18.2 Å². The fraction of sp³-hybridized carbons (Fsp3) is 0.500. The van der Waals surface area contributed by atoms with Crippen molar-refractivity contribution >= 4 is 39.7 Å². The Morgan fingerprint density at radius 3 is 2.49 bits per heavy atom. The summed E-state index contributed by atoms with van der Waals surface area (Å²) in [5.41, 5.74) is 6.73. The fourth-order valence-electron chi connectivity index (χ4n) is 10.3. The number of nitrogens with zero attached hydrogens (tertiary/aromatic N) is 4. The van der Waals surface area contributed by atoms with Crippen molar-refractivity contribution in [2.45, 2.75) is 109 Å². The number of benzene rings is 3. The lowest BCUT2D eigenvalue weighted by Crippen LogP contribution is -2.54. The van der Waals surface area contributed by atoms with Crippen LogP contribution in [0.4, 0.5) is 4.79 Å². The summed E-state index contributed by atoms with van der Waals surface area (Å²) < 4.78 is 16.3. The summed E-state index contributed by atoms with van der Waals surface area (Å²) >= 11 is 0. The van der Waals surface area contributed by atoms with Gasteiger partial charge in [0, 0.05) is 30.6 Å². The number of aromatic nitrogens is 4. The predicted molar refractivity (Wildman–Crippen MR) is 229 cm³/mol. The van der Waals surface area contributed by atoms with Gasteiger partial charge in [-0.1, -0.05) is 52.3 Å². The molecule has 2 aromatic heterocycles. The summed E-state index contributed by atoms with van der Waals surface area (Å²) in [6.07, 6.45) is 5.55. The smallest absolute Gasteiger partial charge is 0.407 e. The van der Waals surface area contributed by atoms with Crippen LogP contribution in [-0.4, -0.2) is 98.1 Å². The molecule has 0 spiro atoms. The maximum Gasteiger partial charge on any atom is 0.407 e. The molecule has 3 fully saturated rings. The number of likely N-dealkylation sites (tertiary alicyclic amines) is 2. The predicted octanol–water partition coefficient (Wildman–Crippen LogP) is 6.69. The van der Waals surface area contributed by atoms with E-state index in [0.717, 1.165) is 99.9 Å². The molecule has 5 aromatic rings. The lowest BCUT2D eigenvalue weighted by molar-refractivity contribution is -0.147. The van der Waals surface area contributed by atoms with E-state index in [-0.39, 0.29) is 41.8 Å². The first-order valence-corrected chi connectivity index (χ1v) is 21.7. The van der Waals surface area contributed by atoms with Gasteiger partial charge in [0.05, 0.1) is 48.2 Å². The molecule has 322 valence electrons. The summed E-state index contributed by atoms with van der Waals surface area (Å²) in [6.45, 7) is 8.75. The molecule has 0 bridgehead atoms. The van der Waals surface area contributed by atoms with E-state index < -0.39 is 24.6 Å². The molecule has 2 unspecified atom stereocenters. The minimum Gasteiger partial charge on any atom is -0.488 e. The molecule has 5 heterocycles. The van der Waals surface area contributed by atoms with Crippen molar-refractivity contribution in [1.29, 1.82) is 0 Å². The van der Waals surface area contributed by atoms with Crippen LogP contribution in [0.5, 0.6) is 5.75 Å². The molecule has 15 nitrogen and oxygen atoms in total. The number of alkyl carbamates (subject to hydrolysis) is 1. The zero-order valence-corrected chi connectivity index (χ0v) is 35.7. The van der Waals surface area contributed by atoms with Crippen LogP contribution >= 0.6 is 0 Å². The molecule has 61 heavy (non-hydrogen) atoms. The van der Waals surface area contributed by atoms with Gasteiger partial charge in [0.15, 0.2) is 0 Å². The van der Waals surface area contributed by atoms with Gasteiger partial charge >= 0.3 is 6.09 Å². The lowest BCUT2D eigenvalue weighted by Gasteiger charge is -2.34. The molecule has 3 aromatic carbocycles. The van der Waals surface area contributed by atoms with Crippen molar-refractivity contribution < 1.29 is 33.7 Å². The topological polar surface area (TPSA) is 187 Å². The monoisotopic (exact) mass is 832 g/mol. The van der Waals surface area contributed by atoms with Crippen LogP contribution in [0.2, 0.25) is 0 Å². The van der Waals surface area contributed by atoms with Crippen molar-refractivity contribution in [1.82, 2.24) is 40.4 Å². The number of ether oxygens (including phenoxy) is 3. The van der Waals surface area contributed by atoms with Gasteiger partial charge in [0.1, 0.15) is 30.0 Å². The number of fused-ring (bicyclic) bond motifs is 7. The summed E-state index contributed by atoms with van der Waals surface area (Å²) in [5, 5.41) is 18.0. The maximum atomic E-state index is 14.3. The SMILES string of the molecule is COC(=O)N[C@H](C(=O)N1CCCC1c1ncc(-c2ccc3c(c2)COc2cc4c(ccc5nc([C@@H]6C[C@@H]7CCC[C@@H]7N6C(=O)[C@@H](NC(O)OC)C(C)C)[nH]c54)cc2-3)[nH]1)C(C)C. The molecule has 1 aliphatic carbocycles. The van der Waals surface area contributed by atoms with Crippen LogP contribution in [-0.2, 0) is 25.7 Å². The largest absolute Gasteiger partial charge is 0.488 e. The standard InChI is InChI=1S/C46H56N8O7/c1-23(2)38(51-45(57)59-5)43(55)53-16-8-11-35(53)41-47-21-33(49-41)26-12-14-29-28(17-26)22-61-37-20-30-25(18-31(29)37)13-15-32-40(30)50-42(48-32)36-19-27-9-7-10-34(27)54(36)44(56)39(24(3)4)52-46(58)60-6/h12-15,17-18,20-21,23-24,27,34-36,38-39,46,52,58H,7-11,16,19,22H2,1-6H3,(H,47,49)(H,48,50)(H,51,57)/t27-,34-,35?,36-,38-,39-,46?/m0/s1. The highest BCUT2D eigenvalue weighted by Crippen LogP contribution is 2.48. The Morgan fingerprint density at radius 2 is 1.72 bits per heavy atom. The Balaban J connectivity index is 0.973. The van der Waals surface area contributed by atoms with E-state index in [1.165, 1.54) is 14.2 Å². The van der Waals surface area contributed by atoms with Gasteiger partial charge < -0.3 is 44.4 Å². The first kappa shape index (κ1) is 40.9. The van der Waals surface area contributed by atoms with Crippen molar-refractivity contribution in [2.24, 2.45) is 17.8 Å². The van der Waals surface area contributed by atoms with Crippen molar-refractivity contribution in [3.8, 4) is 28.1 Å². The zero-order chi connectivity index (χ0) is 42.7. The summed E-state index contributed by atoms with van der Waals surface area (Å²) in [5.74, 6) is 2.34. The van der Waals surface area contributed by atoms with Gasteiger partial charge in [-0.2, -0.15) is 0 Å². The second kappa shape index (κ2) is 16.4. The Kier molecular flexibility index (Phi) is 11.0. The summed E-state index contributed by atoms with van der Waals surface area (Å²) in [4.78, 5) is 60.9. The molecular formula is C46H56N8O7. The number of nitrogens with one attached hydrogen (secondary N) is 4. The highest BCUT2D eigenvalue weighted by atomic mass is 16.6. The lowest BCUT2D eigenvalue weighted by atomic mass is 9.92. The zero-order valence-electron chi connectivity index (χ0n) is 35.7. The molecule has 1 saturated carbocycles. The van der Waals surface area contributed by atoms with Crippen LogP contribution in [0.1, 0.15) is 95.5 Å². The number of carbonyl (C=O) groups excluding carboxylic acids is 3. The number of aromatic amines is 2. The molecule has 5 N–H and O–H groups in total. The Labute approximate surface area is 354 Å². The third kappa shape index (κ3) is 7.39. The first-order valence-electron chi connectivity index (χ1n) is 21.7. The number of amides is 3. The fourth-order valence-corrected chi connectivity index (χ4v) is 10.3. The van der Waals surface area contributed by atoms with Gasteiger partial charge in [-0.15, -0.1) is 0 Å². The highest BCUT2D eigenvalue weighted by Gasteiger charge is 2.49. The minimum absolute atomic E-state index is 0.0355. The van der Waals surface area contributed by atoms with Crippen molar-refractivity contribution in [2.75, 3.05) is 20.8 Å². The molecule has 15 heteroatoms. The Morgan fingerprint density at radius 1 is 0.902 bits per heavy atom. The van der Waals surface area contributed by atoms with E-state index in [2.05, 4.69) is 57.0 Å². The third-order valence-corrected chi connectivity index (χ3v) is 13.4. The molecule has 7 atom stereocenters. The number of H-pyrrole nitrogens is 2. The molecule has 2 saturated heterocycles. The number of hydrogen-bond acceptors (Lipinski definition) is 10. The number of rotatable bonds is 11. The quantitative estimate of drug-likeness (QED) is 0.0899. The normalized spacial score (nSPS) is 22.3. The van der Waals surface area contributed by atoms with Gasteiger partial charge in [0.25, 0.3) is 0 Å². The third-order valence-electron chi connectivity index (χ3n) is 13.4. The average Bonchev–Trinajstić information content (AvgIpc) is 4.11. The van der Waals surface area contributed by atoms with Crippen LogP contribution in [0, 0.1) is 17.8 Å². The van der Waals surface area contributed by atoms with E-state index >= 15 is 0 Å². The van der Waals surface area contributed by atoms with E-state index in [9.17, 15) is 19.5 Å². The highest BCUT2D eigenvalue weighted by molar-refractivity contribution is 6.07. The van der Waals surface area contributed by atoms with Crippen LogP contribution < -0.4 is 15.4 Å². The molecular weight excluding hydrogens is 777 g/mol. The summed E-state index contributed by atoms with van der Waals surface area (Å²) in [6, 6.07) is 13.2. The Hall–Kier alpha value is -5.51. The van der Waals surface area contributed by atoms with Crippen molar-refractivity contribution in [3.05, 3.63) is 65.9 Å². The second-order valence-electron chi connectivity index (χ2n) is 17.8. The van der Waals surface area contributed by atoms with E-state index in [1.807, 2.05) is 49.8 Å². The molecule has 3 aliphatic heterocycles. The number of hydrogen-bond donors (Lipinski definition) is 5. The van der Waals surface area contributed by atoms with Gasteiger partial charge in [-0.25, -0.2) is 14.8 Å². The average molecular weight is 833 g/mol.